The summed E-state index contributed by atoms with van der Waals surface area (Å²) in [5.41, 5.74) is 1.07. The Balaban J connectivity index is 2.10. The molecule has 1 aliphatic rings. The summed E-state index contributed by atoms with van der Waals surface area (Å²) in [6, 6.07) is 0.393. The number of hydrogen-bond donors (Lipinski definition) is 2. The lowest BCUT2D eigenvalue weighted by Gasteiger charge is -2.21. The number of nitrogens with zero attached hydrogens (tertiary/aromatic N) is 3. The maximum absolute atomic E-state index is 11.9. The van der Waals surface area contributed by atoms with Crippen LogP contribution in [-0.2, 0) is 11.2 Å². The van der Waals surface area contributed by atoms with Crippen LogP contribution in [-0.4, -0.2) is 42.6 Å². The third kappa shape index (κ3) is 3.59. The molecule has 1 aromatic heterocycles. The fourth-order valence-electron chi connectivity index (χ4n) is 2.22. The molecule has 0 bridgehead atoms. The Hall–Kier alpha value is -1.85. The van der Waals surface area contributed by atoms with Crippen molar-refractivity contribution >= 4 is 17.5 Å². The number of aromatic nitrogens is 2. The first kappa shape index (κ1) is 14.6. The summed E-state index contributed by atoms with van der Waals surface area (Å²) >= 11 is 0. The van der Waals surface area contributed by atoms with E-state index in [1.807, 2.05) is 19.0 Å². The Labute approximate surface area is 120 Å². The molecule has 1 amide bonds. The highest BCUT2D eigenvalue weighted by Gasteiger charge is 2.24. The van der Waals surface area contributed by atoms with E-state index in [0.29, 0.717) is 12.6 Å². The van der Waals surface area contributed by atoms with Gasteiger partial charge >= 0.3 is 0 Å². The largest absolute Gasteiger partial charge is 0.373 e. The van der Waals surface area contributed by atoms with Gasteiger partial charge in [-0.1, -0.05) is 13.3 Å². The monoisotopic (exact) mass is 277 g/mol. The Morgan fingerprint density at radius 3 is 2.80 bits per heavy atom. The Morgan fingerprint density at radius 2 is 2.20 bits per heavy atom. The number of likely N-dealkylation sites (N-methyl/N-ethyl adjacent to an activating group) is 1. The second-order valence-corrected chi connectivity index (χ2v) is 5.22. The summed E-state index contributed by atoms with van der Waals surface area (Å²) in [6.07, 6.45) is 5.65. The number of hydrogen-bond acceptors (Lipinski definition) is 5. The molecular formula is C14H23N5O. The quantitative estimate of drug-likeness (QED) is 0.783. The van der Waals surface area contributed by atoms with Crippen molar-refractivity contribution in [1.82, 2.24) is 15.3 Å². The normalized spacial score (nSPS) is 13.9. The second-order valence-electron chi connectivity index (χ2n) is 5.22. The van der Waals surface area contributed by atoms with E-state index in [1.54, 1.807) is 0 Å². The predicted octanol–water partition coefficient (Wildman–Crippen LogP) is 1.19. The molecule has 1 aromatic rings. The summed E-state index contributed by atoms with van der Waals surface area (Å²) in [5.74, 6) is 1.73. The second kappa shape index (κ2) is 6.54. The van der Waals surface area contributed by atoms with Crippen molar-refractivity contribution in [2.24, 2.45) is 0 Å². The van der Waals surface area contributed by atoms with Crippen molar-refractivity contribution in [1.29, 1.82) is 0 Å². The SMILES string of the molecule is CCCc1c(NC)ncnc1N(C)CC(=O)NC1CC1. The highest BCUT2D eigenvalue weighted by Crippen LogP contribution is 2.24. The van der Waals surface area contributed by atoms with Crippen LogP contribution in [0.5, 0.6) is 0 Å². The van der Waals surface area contributed by atoms with Crippen molar-refractivity contribution in [3.05, 3.63) is 11.9 Å². The summed E-state index contributed by atoms with van der Waals surface area (Å²) in [7, 11) is 3.75. The minimum absolute atomic E-state index is 0.0575. The molecule has 2 N–H and O–H groups in total. The third-order valence-corrected chi connectivity index (χ3v) is 3.34. The molecule has 1 aliphatic carbocycles. The summed E-state index contributed by atoms with van der Waals surface area (Å²) in [5, 5.41) is 6.09. The van der Waals surface area contributed by atoms with Crippen LogP contribution in [0, 0.1) is 0 Å². The van der Waals surface area contributed by atoms with Crippen molar-refractivity contribution in [3.63, 3.8) is 0 Å². The van der Waals surface area contributed by atoms with Crippen LogP contribution in [0.2, 0.25) is 0 Å². The molecule has 20 heavy (non-hydrogen) atoms. The lowest BCUT2D eigenvalue weighted by molar-refractivity contribution is -0.119. The molecule has 0 radical (unpaired) electrons. The average molecular weight is 277 g/mol. The maximum atomic E-state index is 11.9. The van der Waals surface area contributed by atoms with Gasteiger partial charge in [0, 0.05) is 25.7 Å². The molecule has 0 spiro atoms. The van der Waals surface area contributed by atoms with Crippen LogP contribution in [0.1, 0.15) is 31.7 Å². The van der Waals surface area contributed by atoms with Gasteiger partial charge in [-0.3, -0.25) is 4.79 Å². The van der Waals surface area contributed by atoms with E-state index in [0.717, 1.165) is 42.9 Å². The van der Waals surface area contributed by atoms with Gasteiger partial charge in [0.05, 0.1) is 6.54 Å². The zero-order valence-corrected chi connectivity index (χ0v) is 12.4. The predicted molar refractivity (Wildman–Crippen MR) is 80.0 cm³/mol. The molecule has 0 aliphatic heterocycles. The van der Waals surface area contributed by atoms with E-state index >= 15 is 0 Å². The zero-order chi connectivity index (χ0) is 14.5. The highest BCUT2D eigenvalue weighted by atomic mass is 16.2. The van der Waals surface area contributed by atoms with Crippen LogP contribution >= 0.6 is 0 Å². The van der Waals surface area contributed by atoms with E-state index in [4.69, 9.17) is 0 Å². The van der Waals surface area contributed by atoms with Gasteiger partial charge in [-0.2, -0.15) is 0 Å². The Bertz CT molecular complexity index is 473. The van der Waals surface area contributed by atoms with E-state index in [-0.39, 0.29) is 5.91 Å². The van der Waals surface area contributed by atoms with Gasteiger partial charge in [-0.25, -0.2) is 9.97 Å². The molecule has 0 unspecified atom stereocenters. The molecule has 1 saturated carbocycles. The van der Waals surface area contributed by atoms with Gasteiger partial charge in [0.25, 0.3) is 0 Å². The van der Waals surface area contributed by atoms with E-state index < -0.39 is 0 Å². The van der Waals surface area contributed by atoms with Gasteiger partial charge in [0.1, 0.15) is 18.0 Å². The minimum atomic E-state index is 0.0575. The zero-order valence-electron chi connectivity index (χ0n) is 12.4. The van der Waals surface area contributed by atoms with Crippen LogP contribution < -0.4 is 15.5 Å². The van der Waals surface area contributed by atoms with Crippen molar-refractivity contribution in [2.75, 3.05) is 30.9 Å². The molecule has 2 rings (SSSR count). The molecular weight excluding hydrogens is 254 g/mol. The maximum Gasteiger partial charge on any atom is 0.239 e. The summed E-state index contributed by atoms with van der Waals surface area (Å²) in [4.78, 5) is 22.4. The molecule has 6 heteroatoms. The highest BCUT2D eigenvalue weighted by molar-refractivity contribution is 5.82. The number of anilines is 2. The van der Waals surface area contributed by atoms with Gasteiger partial charge in [-0.05, 0) is 19.3 Å². The lowest BCUT2D eigenvalue weighted by Crippen LogP contribution is -2.37. The van der Waals surface area contributed by atoms with Gasteiger partial charge in [0.2, 0.25) is 5.91 Å². The van der Waals surface area contributed by atoms with Crippen LogP contribution in [0.15, 0.2) is 6.33 Å². The van der Waals surface area contributed by atoms with Crippen LogP contribution in [0.4, 0.5) is 11.6 Å². The standard InChI is InChI=1S/C14H23N5O/c1-4-5-11-13(15-2)16-9-17-14(11)19(3)8-12(20)18-10-6-7-10/h9-10H,4-8H2,1-3H3,(H,18,20)(H,15,16,17). The van der Waals surface area contributed by atoms with Gasteiger partial charge in [-0.15, -0.1) is 0 Å². The first-order valence-electron chi connectivity index (χ1n) is 7.17. The first-order valence-corrected chi connectivity index (χ1v) is 7.17. The van der Waals surface area contributed by atoms with Crippen molar-refractivity contribution in [2.45, 2.75) is 38.6 Å². The number of nitrogens with one attached hydrogen (secondary N) is 2. The first-order chi connectivity index (χ1) is 9.65. The summed E-state index contributed by atoms with van der Waals surface area (Å²) in [6.45, 7) is 2.45. The van der Waals surface area contributed by atoms with Crippen molar-refractivity contribution < 1.29 is 4.79 Å². The molecule has 0 saturated heterocycles. The molecule has 1 fully saturated rings. The van der Waals surface area contributed by atoms with E-state index in [9.17, 15) is 4.79 Å². The molecule has 6 nitrogen and oxygen atoms in total. The molecule has 0 atom stereocenters. The topological polar surface area (TPSA) is 70.2 Å². The summed E-state index contributed by atoms with van der Waals surface area (Å²) < 4.78 is 0. The lowest BCUT2D eigenvalue weighted by atomic mass is 10.1. The number of amides is 1. The molecule has 110 valence electrons. The number of carbonyl (C=O) groups is 1. The Morgan fingerprint density at radius 1 is 1.45 bits per heavy atom. The number of carbonyl (C=O) groups excluding carboxylic acids is 1. The van der Waals surface area contributed by atoms with E-state index in [2.05, 4.69) is 27.5 Å². The third-order valence-electron chi connectivity index (χ3n) is 3.34. The van der Waals surface area contributed by atoms with E-state index in [1.165, 1.54) is 6.33 Å². The average Bonchev–Trinajstić information content (AvgIpc) is 3.22. The van der Waals surface area contributed by atoms with Crippen LogP contribution in [0.3, 0.4) is 0 Å². The Kier molecular flexibility index (Phi) is 4.76. The van der Waals surface area contributed by atoms with Gasteiger partial charge < -0.3 is 15.5 Å². The van der Waals surface area contributed by atoms with Crippen LogP contribution in [0.25, 0.3) is 0 Å². The number of rotatable bonds is 7. The fraction of sp³-hybridized carbons (Fsp3) is 0.643. The molecule has 1 heterocycles. The smallest absolute Gasteiger partial charge is 0.239 e. The molecule has 0 aromatic carbocycles. The van der Waals surface area contributed by atoms with Crippen molar-refractivity contribution in [3.8, 4) is 0 Å². The van der Waals surface area contributed by atoms with Gasteiger partial charge in [0.15, 0.2) is 0 Å². The minimum Gasteiger partial charge on any atom is -0.373 e. The fourth-order valence-corrected chi connectivity index (χ4v) is 2.22.